The zero-order chi connectivity index (χ0) is 14.8. The van der Waals surface area contributed by atoms with Crippen molar-refractivity contribution in [2.45, 2.75) is 19.4 Å². The highest BCUT2D eigenvalue weighted by atomic mass is 35.5. The molecular formula is C13H20ClN5OS. The van der Waals surface area contributed by atoms with E-state index in [4.69, 9.17) is 16.3 Å². The Kier molecular flexibility index (Phi) is 4.73. The quantitative estimate of drug-likeness (QED) is 0.608. The van der Waals surface area contributed by atoms with Crippen LogP contribution in [0.5, 0.6) is 0 Å². The molecule has 3 rings (SSSR count). The number of morpholine rings is 1. The third-order valence-corrected chi connectivity index (χ3v) is 4.86. The average molecular weight is 330 g/mol. The maximum absolute atomic E-state index is 6.14. The Balaban J connectivity index is 1.85. The van der Waals surface area contributed by atoms with Crippen molar-refractivity contribution in [1.82, 2.24) is 14.3 Å². The summed E-state index contributed by atoms with van der Waals surface area (Å²) in [5.74, 6) is 1.76. The van der Waals surface area contributed by atoms with E-state index < -0.39 is 0 Å². The molecule has 0 saturated carbocycles. The van der Waals surface area contributed by atoms with Gasteiger partial charge in [-0.15, -0.1) is 0 Å². The van der Waals surface area contributed by atoms with Gasteiger partial charge >= 0.3 is 0 Å². The number of aromatic nitrogens is 2. The van der Waals surface area contributed by atoms with Crippen LogP contribution in [0.3, 0.4) is 0 Å². The molecule has 0 spiro atoms. The molecule has 1 aromatic rings. The molecule has 116 valence electrons. The number of rotatable bonds is 2. The van der Waals surface area contributed by atoms with E-state index in [9.17, 15) is 0 Å². The van der Waals surface area contributed by atoms with Gasteiger partial charge in [-0.05, 0) is 32.0 Å². The number of hydrogen-bond acceptors (Lipinski definition) is 7. The van der Waals surface area contributed by atoms with E-state index in [1.54, 1.807) is 12.1 Å². The molecule has 3 heterocycles. The van der Waals surface area contributed by atoms with Gasteiger partial charge in [0, 0.05) is 37.8 Å². The summed E-state index contributed by atoms with van der Waals surface area (Å²) >= 11 is 7.82. The lowest BCUT2D eigenvalue weighted by Gasteiger charge is -2.35. The van der Waals surface area contributed by atoms with Gasteiger partial charge in [0.25, 0.3) is 0 Å². The summed E-state index contributed by atoms with van der Waals surface area (Å²) in [6.07, 6.45) is 1.12. The second-order valence-corrected chi connectivity index (χ2v) is 6.93. The Morgan fingerprint density at radius 2 is 2.10 bits per heavy atom. The first-order chi connectivity index (χ1) is 10.1. The van der Waals surface area contributed by atoms with Crippen molar-refractivity contribution < 1.29 is 4.74 Å². The first-order valence-corrected chi connectivity index (χ1v) is 8.30. The van der Waals surface area contributed by atoms with Crippen LogP contribution in [-0.2, 0) is 4.74 Å². The zero-order valence-corrected chi connectivity index (χ0v) is 13.9. The van der Waals surface area contributed by atoms with Crippen LogP contribution in [0.2, 0.25) is 5.28 Å². The van der Waals surface area contributed by atoms with Gasteiger partial charge < -0.3 is 9.64 Å². The lowest BCUT2D eigenvalue weighted by Crippen LogP contribution is -2.44. The summed E-state index contributed by atoms with van der Waals surface area (Å²) in [4.78, 5) is 11.0. The number of nitrogens with zero attached hydrogens (tertiary/aromatic N) is 5. The van der Waals surface area contributed by atoms with Gasteiger partial charge in [-0.25, -0.2) is 9.29 Å². The Morgan fingerprint density at radius 1 is 1.29 bits per heavy atom. The fourth-order valence-electron chi connectivity index (χ4n) is 2.58. The minimum Gasteiger partial charge on any atom is -0.377 e. The summed E-state index contributed by atoms with van der Waals surface area (Å²) in [5, 5.41) is 0.301. The average Bonchev–Trinajstić information content (AvgIpc) is 2.47. The van der Waals surface area contributed by atoms with Crippen molar-refractivity contribution in [3.05, 3.63) is 11.3 Å². The second kappa shape index (κ2) is 6.56. The number of anilines is 2. The second-order valence-electron chi connectivity index (χ2n) is 5.36. The largest absolute Gasteiger partial charge is 0.377 e. The van der Waals surface area contributed by atoms with Gasteiger partial charge in [-0.2, -0.15) is 4.98 Å². The molecule has 0 radical (unpaired) electrons. The van der Waals surface area contributed by atoms with Crippen molar-refractivity contribution >= 4 is 35.4 Å². The molecule has 0 aliphatic carbocycles. The van der Waals surface area contributed by atoms with E-state index in [-0.39, 0.29) is 0 Å². The van der Waals surface area contributed by atoms with Crippen LogP contribution < -0.4 is 9.21 Å². The fourth-order valence-corrected chi connectivity index (χ4v) is 3.69. The van der Waals surface area contributed by atoms with Gasteiger partial charge in [0.2, 0.25) is 5.28 Å². The molecule has 1 atom stereocenters. The minimum atomic E-state index is 0.300. The molecule has 0 amide bonds. The topological polar surface area (TPSA) is 44.7 Å². The molecule has 2 saturated heterocycles. The van der Waals surface area contributed by atoms with Crippen molar-refractivity contribution in [1.29, 1.82) is 0 Å². The number of ether oxygens (including phenoxy) is 1. The third kappa shape index (κ3) is 3.53. The highest BCUT2D eigenvalue weighted by Crippen LogP contribution is 2.30. The highest BCUT2D eigenvalue weighted by Gasteiger charge is 2.24. The van der Waals surface area contributed by atoms with Crippen LogP contribution in [0.1, 0.15) is 13.3 Å². The Hall–Kier alpha value is -0.760. The van der Waals surface area contributed by atoms with Gasteiger partial charge in [0.1, 0.15) is 11.6 Å². The van der Waals surface area contributed by atoms with E-state index in [1.807, 2.05) is 6.07 Å². The first kappa shape index (κ1) is 15.1. The van der Waals surface area contributed by atoms with Crippen molar-refractivity contribution in [2.75, 3.05) is 49.1 Å². The fraction of sp³-hybridized carbons (Fsp3) is 0.692. The van der Waals surface area contributed by atoms with Gasteiger partial charge in [-0.1, -0.05) is 0 Å². The predicted octanol–water partition coefficient (Wildman–Crippen LogP) is 2.06. The standard InChI is InChI=1S/C13H20ClN5OS/c1-10-9-20-7-6-18(10)11-8-12(16-13(14)15-11)19-5-3-4-17(2)21-19/h8,10H,3-7,9H2,1-2H3/t10-/m1/s1. The number of hydrogen-bond donors (Lipinski definition) is 0. The maximum atomic E-state index is 6.14. The number of halogens is 1. The summed E-state index contributed by atoms with van der Waals surface area (Å²) in [7, 11) is 2.09. The SMILES string of the molecule is C[C@@H]1COCCN1c1cc(N2CCCN(C)S2)nc(Cl)n1. The van der Waals surface area contributed by atoms with E-state index in [2.05, 4.69) is 37.4 Å². The van der Waals surface area contributed by atoms with E-state index in [0.29, 0.717) is 11.3 Å². The van der Waals surface area contributed by atoms with Crippen molar-refractivity contribution in [2.24, 2.45) is 0 Å². The molecule has 0 bridgehead atoms. The minimum absolute atomic E-state index is 0.300. The lowest BCUT2D eigenvalue weighted by molar-refractivity contribution is 0.0985. The monoisotopic (exact) mass is 329 g/mol. The molecule has 6 nitrogen and oxygen atoms in total. The summed E-state index contributed by atoms with van der Waals surface area (Å²) in [6, 6.07) is 2.33. The summed E-state index contributed by atoms with van der Waals surface area (Å²) in [5.41, 5.74) is 0. The van der Waals surface area contributed by atoms with Crippen LogP contribution in [0.25, 0.3) is 0 Å². The normalized spacial score (nSPS) is 24.4. The molecule has 21 heavy (non-hydrogen) atoms. The molecule has 2 aliphatic heterocycles. The third-order valence-electron chi connectivity index (χ3n) is 3.66. The molecular weight excluding hydrogens is 310 g/mol. The van der Waals surface area contributed by atoms with Gasteiger partial charge in [0.05, 0.1) is 19.3 Å². The highest BCUT2D eigenvalue weighted by molar-refractivity contribution is 7.98. The van der Waals surface area contributed by atoms with Crippen LogP contribution in [0.4, 0.5) is 11.6 Å². The van der Waals surface area contributed by atoms with Crippen molar-refractivity contribution in [3.8, 4) is 0 Å². The van der Waals surface area contributed by atoms with Crippen LogP contribution in [0, 0.1) is 0 Å². The first-order valence-electron chi connectivity index (χ1n) is 7.19. The van der Waals surface area contributed by atoms with E-state index in [0.717, 1.165) is 50.9 Å². The van der Waals surface area contributed by atoms with E-state index in [1.165, 1.54) is 0 Å². The summed E-state index contributed by atoms with van der Waals surface area (Å²) < 4.78 is 9.86. The van der Waals surface area contributed by atoms with Crippen molar-refractivity contribution in [3.63, 3.8) is 0 Å². The van der Waals surface area contributed by atoms with Crippen LogP contribution >= 0.6 is 23.7 Å². The smallest absolute Gasteiger partial charge is 0.226 e. The lowest BCUT2D eigenvalue weighted by atomic mass is 10.2. The maximum Gasteiger partial charge on any atom is 0.226 e. The molecule has 2 fully saturated rings. The molecule has 1 aromatic heterocycles. The molecule has 0 N–H and O–H groups in total. The van der Waals surface area contributed by atoms with Crippen LogP contribution in [0.15, 0.2) is 6.07 Å². The van der Waals surface area contributed by atoms with Gasteiger partial charge in [-0.3, -0.25) is 4.31 Å². The molecule has 8 heteroatoms. The Labute approximate surface area is 134 Å². The Bertz CT molecular complexity index is 505. The van der Waals surface area contributed by atoms with Gasteiger partial charge in [0.15, 0.2) is 0 Å². The molecule has 0 aromatic carbocycles. The zero-order valence-electron chi connectivity index (χ0n) is 12.3. The van der Waals surface area contributed by atoms with E-state index >= 15 is 0 Å². The Morgan fingerprint density at radius 3 is 2.86 bits per heavy atom. The molecule has 2 aliphatic rings. The van der Waals surface area contributed by atoms with Crippen LogP contribution in [-0.4, -0.2) is 60.2 Å². The molecule has 0 unspecified atom stereocenters. The predicted molar refractivity (Wildman–Crippen MR) is 86.9 cm³/mol. The summed E-state index contributed by atoms with van der Waals surface area (Å²) in [6.45, 7) is 6.48.